The molecule has 5 N–H and O–H groups in total. The standard InChI is InChI=1S/C32H48Cl2N6O2.C3H8.C2H6/c1-5-8-14-25(30(41)37-22-28(35)39-36)15-11-16-27(12-6-2)40-31(42)29(26(17-19-33)20-24(7-3)21-34)38-32(40)18-10-9-13-23(32)4;1-3-2;1-2/h7,11,14-15,17,20,23,27H,3,5-6,8-10,12-13,16,18-19,21-22,36H2,1-2,4H3,(H2,35,39)(H,37,41);3H2,1-2H3;1-2H3/b15-11-,24-20+,25-14+,26-17+;;/t23?,27-,32?;;/m1../s1. The molecule has 266 valence electrons. The summed E-state index contributed by atoms with van der Waals surface area (Å²) in [6.07, 6.45) is 20.2. The molecule has 1 aliphatic heterocycles. The Morgan fingerprint density at radius 2 is 1.87 bits per heavy atom. The molecule has 10 heteroatoms. The lowest BCUT2D eigenvalue weighted by atomic mass is 9.78. The SMILES string of the molecule is C=C/C(=C\C(=C/CCl)C1=NC2(CCCCC2C)N([C@@H](C/C=C\C(=C/CCC)C(=O)NC/C(N)=N/N)CCC)C1=O)CCl.CC.CCC. The number of alkyl halides is 2. The summed E-state index contributed by atoms with van der Waals surface area (Å²) in [5, 5.41) is 6.17. The molecular weight excluding hydrogens is 631 g/mol. The van der Waals surface area contributed by atoms with Gasteiger partial charge in [-0.2, -0.15) is 5.10 Å². The summed E-state index contributed by atoms with van der Waals surface area (Å²) in [5.41, 5.74) is 7.47. The van der Waals surface area contributed by atoms with E-state index in [2.05, 4.69) is 51.6 Å². The van der Waals surface area contributed by atoms with Crippen LogP contribution in [0, 0.1) is 5.92 Å². The summed E-state index contributed by atoms with van der Waals surface area (Å²) >= 11 is 12.3. The average molecular weight is 694 g/mol. The molecule has 47 heavy (non-hydrogen) atoms. The van der Waals surface area contributed by atoms with Gasteiger partial charge in [-0.25, -0.2) is 0 Å². The van der Waals surface area contributed by atoms with Crippen molar-refractivity contribution in [2.45, 2.75) is 124 Å². The molecule has 0 aromatic rings. The second-order valence-electron chi connectivity index (χ2n) is 11.6. The van der Waals surface area contributed by atoms with Gasteiger partial charge in [-0.05, 0) is 56.1 Å². The van der Waals surface area contributed by atoms with Crippen LogP contribution in [0.2, 0.25) is 0 Å². The lowest BCUT2D eigenvalue weighted by molar-refractivity contribution is -0.135. The molecular formula is C37H62Cl2N6O2. The number of amidine groups is 1. The monoisotopic (exact) mass is 692 g/mol. The zero-order valence-corrected chi connectivity index (χ0v) is 31.6. The van der Waals surface area contributed by atoms with Crippen LogP contribution in [0.15, 0.2) is 69.8 Å². The number of hydrogen-bond donors (Lipinski definition) is 3. The summed E-state index contributed by atoms with van der Waals surface area (Å²) < 4.78 is 0. The van der Waals surface area contributed by atoms with Gasteiger partial charge in [0.05, 0.1) is 6.54 Å². The highest BCUT2D eigenvalue weighted by molar-refractivity contribution is 6.47. The van der Waals surface area contributed by atoms with Crippen LogP contribution in [0.25, 0.3) is 0 Å². The van der Waals surface area contributed by atoms with Crippen molar-refractivity contribution in [1.82, 2.24) is 10.2 Å². The van der Waals surface area contributed by atoms with Gasteiger partial charge in [0.2, 0.25) is 0 Å². The predicted octanol–water partition coefficient (Wildman–Crippen LogP) is 8.32. The van der Waals surface area contributed by atoms with Crippen molar-refractivity contribution in [2.24, 2.45) is 27.6 Å². The summed E-state index contributed by atoms with van der Waals surface area (Å²) in [7, 11) is 0. The van der Waals surface area contributed by atoms with Crippen LogP contribution in [-0.4, -0.2) is 58.3 Å². The van der Waals surface area contributed by atoms with Gasteiger partial charge >= 0.3 is 0 Å². The van der Waals surface area contributed by atoms with E-state index in [-0.39, 0.29) is 47.9 Å². The fourth-order valence-corrected chi connectivity index (χ4v) is 6.00. The first-order chi connectivity index (χ1) is 22.6. The van der Waals surface area contributed by atoms with E-state index in [9.17, 15) is 9.59 Å². The number of unbranched alkanes of at least 4 members (excludes halogenated alkanes) is 1. The van der Waals surface area contributed by atoms with Crippen molar-refractivity contribution in [3.8, 4) is 0 Å². The zero-order chi connectivity index (χ0) is 35.8. The zero-order valence-electron chi connectivity index (χ0n) is 30.1. The van der Waals surface area contributed by atoms with Gasteiger partial charge in [-0.15, -0.1) is 23.2 Å². The Morgan fingerprint density at radius 3 is 2.40 bits per heavy atom. The van der Waals surface area contributed by atoms with Crippen molar-refractivity contribution < 1.29 is 9.59 Å². The Morgan fingerprint density at radius 1 is 1.19 bits per heavy atom. The molecule has 2 amide bonds. The third-order valence-corrected chi connectivity index (χ3v) is 8.36. The number of allylic oxidation sites excluding steroid dienone is 5. The Balaban J connectivity index is 0.00000399. The first kappa shape index (κ1) is 44.2. The van der Waals surface area contributed by atoms with E-state index in [1.807, 2.05) is 49.1 Å². The molecule has 0 bridgehead atoms. The van der Waals surface area contributed by atoms with Gasteiger partial charge in [0.15, 0.2) is 0 Å². The topological polar surface area (TPSA) is 126 Å². The fourth-order valence-electron chi connectivity index (χ4n) is 5.64. The van der Waals surface area contributed by atoms with Crippen molar-refractivity contribution in [3.63, 3.8) is 0 Å². The van der Waals surface area contributed by atoms with Gasteiger partial charge in [0.25, 0.3) is 11.8 Å². The van der Waals surface area contributed by atoms with Gasteiger partial charge in [0.1, 0.15) is 17.2 Å². The number of nitrogens with zero attached hydrogens (tertiary/aromatic N) is 3. The first-order valence-electron chi connectivity index (χ1n) is 17.4. The maximum atomic E-state index is 14.3. The van der Waals surface area contributed by atoms with E-state index in [0.29, 0.717) is 23.3 Å². The number of hydrazone groups is 1. The first-order valence-corrected chi connectivity index (χ1v) is 18.5. The van der Waals surface area contributed by atoms with E-state index in [1.54, 1.807) is 6.08 Å². The third kappa shape index (κ3) is 13.7. The average Bonchev–Trinajstić information content (AvgIpc) is 3.37. The third-order valence-electron chi connectivity index (χ3n) is 7.90. The molecule has 0 aromatic carbocycles. The number of hydrogen-bond acceptors (Lipinski definition) is 5. The van der Waals surface area contributed by atoms with Gasteiger partial charge in [-0.1, -0.05) is 111 Å². The van der Waals surface area contributed by atoms with E-state index < -0.39 is 5.66 Å². The molecule has 2 aliphatic rings. The molecule has 3 atom stereocenters. The number of carbonyl (C=O) groups is 2. The summed E-state index contributed by atoms with van der Waals surface area (Å²) in [5.74, 6) is 5.71. The number of amides is 2. The van der Waals surface area contributed by atoms with E-state index >= 15 is 0 Å². The van der Waals surface area contributed by atoms with Crippen LogP contribution in [-0.2, 0) is 9.59 Å². The van der Waals surface area contributed by atoms with E-state index in [0.717, 1.165) is 56.9 Å². The second kappa shape index (κ2) is 25.2. The van der Waals surface area contributed by atoms with Crippen molar-refractivity contribution in [2.75, 3.05) is 18.3 Å². The van der Waals surface area contributed by atoms with Gasteiger partial charge < -0.3 is 21.8 Å². The number of carbonyl (C=O) groups excluding carboxylic acids is 2. The maximum Gasteiger partial charge on any atom is 0.274 e. The minimum Gasteiger partial charge on any atom is -0.384 e. The van der Waals surface area contributed by atoms with Crippen LogP contribution in [0.3, 0.4) is 0 Å². The molecule has 0 saturated heterocycles. The van der Waals surface area contributed by atoms with Crippen LogP contribution >= 0.6 is 23.2 Å². The number of halogens is 2. The summed E-state index contributed by atoms with van der Waals surface area (Å²) in [6, 6.07) is -0.0933. The highest BCUT2D eigenvalue weighted by atomic mass is 35.5. The number of nitrogens with two attached hydrogens (primary N) is 2. The van der Waals surface area contributed by atoms with Crippen LogP contribution in [0.5, 0.6) is 0 Å². The molecule has 1 aliphatic carbocycles. The number of rotatable bonds is 16. The molecule has 0 aromatic heterocycles. The molecule has 1 spiro atoms. The van der Waals surface area contributed by atoms with Crippen molar-refractivity contribution >= 4 is 46.6 Å². The fraction of sp³-hybridized carbons (Fsp3) is 0.622. The normalized spacial score (nSPS) is 21.1. The molecule has 1 fully saturated rings. The minimum atomic E-state index is -0.621. The molecule has 0 radical (unpaired) electrons. The minimum absolute atomic E-state index is 0.0673. The van der Waals surface area contributed by atoms with Crippen LogP contribution in [0.4, 0.5) is 0 Å². The Hall–Kier alpha value is -2.84. The largest absolute Gasteiger partial charge is 0.384 e. The van der Waals surface area contributed by atoms with Gasteiger partial charge in [0, 0.05) is 28.9 Å². The van der Waals surface area contributed by atoms with Crippen molar-refractivity contribution in [3.05, 3.63) is 59.8 Å². The van der Waals surface area contributed by atoms with Gasteiger partial charge in [-0.3, -0.25) is 14.6 Å². The molecule has 2 unspecified atom stereocenters. The number of aliphatic imine (C=N–C) groups is 1. The Labute approximate surface area is 295 Å². The predicted molar refractivity (Wildman–Crippen MR) is 204 cm³/mol. The number of nitrogens with one attached hydrogen (secondary N) is 1. The van der Waals surface area contributed by atoms with Crippen LogP contribution in [0.1, 0.15) is 113 Å². The van der Waals surface area contributed by atoms with Crippen LogP contribution < -0.4 is 16.9 Å². The highest BCUT2D eigenvalue weighted by Gasteiger charge is 2.53. The maximum absolute atomic E-state index is 14.3. The Bertz CT molecular complexity index is 1160. The molecule has 2 rings (SSSR count). The lowest BCUT2D eigenvalue weighted by Crippen LogP contribution is -2.56. The molecule has 1 saturated carbocycles. The quantitative estimate of drug-likeness (QED) is 0.0286. The second-order valence-corrected chi connectivity index (χ2v) is 12.1. The molecule has 1 heterocycles. The lowest BCUT2D eigenvalue weighted by Gasteiger charge is -2.47. The summed E-state index contributed by atoms with van der Waals surface area (Å²) in [6.45, 7) is 18.5. The molecule has 8 nitrogen and oxygen atoms in total. The van der Waals surface area contributed by atoms with Crippen molar-refractivity contribution in [1.29, 1.82) is 0 Å². The highest BCUT2D eigenvalue weighted by Crippen LogP contribution is 2.45. The smallest absolute Gasteiger partial charge is 0.274 e. The Kier molecular flexibility index (Phi) is 23.7. The summed E-state index contributed by atoms with van der Waals surface area (Å²) in [4.78, 5) is 34.5. The van der Waals surface area contributed by atoms with E-state index in [1.165, 1.54) is 6.42 Å². The van der Waals surface area contributed by atoms with E-state index in [4.69, 9.17) is 39.8 Å².